The molecule has 0 fully saturated rings. The molecule has 0 bridgehead atoms. The molecule has 1 aromatic rings. The zero-order valence-corrected chi connectivity index (χ0v) is 12.6. The third kappa shape index (κ3) is 4.42. The van der Waals surface area contributed by atoms with Gasteiger partial charge < -0.3 is 20.1 Å². The van der Waals surface area contributed by atoms with E-state index in [0.29, 0.717) is 6.54 Å². The Balaban J connectivity index is 2.46. The number of hydrogen-bond acceptors (Lipinski definition) is 3. The minimum Gasteiger partial charge on any atom is -0.496 e. The van der Waals surface area contributed by atoms with Crippen molar-refractivity contribution in [3.63, 3.8) is 0 Å². The lowest BCUT2D eigenvalue weighted by atomic mass is 10.1. The summed E-state index contributed by atoms with van der Waals surface area (Å²) < 4.78 is 5.27. The molecule has 0 heterocycles. The van der Waals surface area contributed by atoms with Crippen LogP contribution in [0.25, 0.3) is 0 Å². The van der Waals surface area contributed by atoms with Gasteiger partial charge in [0.15, 0.2) is 0 Å². The molecule has 0 radical (unpaired) electrons. The molecule has 1 unspecified atom stereocenters. The van der Waals surface area contributed by atoms with E-state index in [0.717, 1.165) is 23.3 Å². The molecular weight excluding hydrogens is 256 g/mol. The highest BCUT2D eigenvalue weighted by molar-refractivity contribution is 5.74. The maximum Gasteiger partial charge on any atom is 0.317 e. The molecule has 1 aromatic carbocycles. The molecule has 5 nitrogen and oxygen atoms in total. The van der Waals surface area contributed by atoms with Crippen LogP contribution < -0.4 is 10.1 Å². The van der Waals surface area contributed by atoms with E-state index in [-0.39, 0.29) is 18.7 Å². The number of benzene rings is 1. The van der Waals surface area contributed by atoms with Crippen LogP contribution in [0.3, 0.4) is 0 Å². The first kappa shape index (κ1) is 16.3. The number of hydrogen-bond donors (Lipinski definition) is 2. The molecule has 0 saturated heterocycles. The Bertz CT molecular complexity index is 449. The van der Waals surface area contributed by atoms with Crippen molar-refractivity contribution in [2.75, 3.05) is 27.3 Å². The molecule has 0 aliphatic heterocycles. The molecule has 0 aromatic heterocycles. The second kappa shape index (κ2) is 7.75. The van der Waals surface area contributed by atoms with E-state index in [2.05, 4.69) is 5.32 Å². The molecule has 2 N–H and O–H groups in total. The van der Waals surface area contributed by atoms with E-state index < -0.39 is 0 Å². The average molecular weight is 280 g/mol. The lowest BCUT2D eigenvalue weighted by molar-refractivity contribution is 0.157. The van der Waals surface area contributed by atoms with Gasteiger partial charge in [-0.05, 0) is 37.5 Å². The number of nitrogens with zero attached hydrogens (tertiary/aromatic N) is 1. The number of carbonyl (C=O) groups is 1. The van der Waals surface area contributed by atoms with Crippen molar-refractivity contribution in [2.24, 2.45) is 0 Å². The Hall–Kier alpha value is -1.75. The molecule has 112 valence electrons. The SMILES string of the molecule is COc1cc(CCNC(=O)N(C)C(C)CO)ccc1C. The van der Waals surface area contributed by atoms with Crippen molar-refractivity contribution in [2.45, 2.75) is 26.3 Å². The van der Waals surface area contributed by atoms with Crippen LogP contribution in [0.15, 0.2) is 18.2 Å². The standard InChI is InChI=1S/C15H24N2O3/c1-11-5-6-13(9-14(11)20-4)7-8-16-15(19)17(3)12(2)10-18/h5-6,9,12,18H,7-8,10H2,1-4H3,(H,16,19). The van der Waals surface area contributed by atoms with E-state index in [9.17, 15) is 4.79 Å². The summed E-state index contributed by atoms with van der Waals surface area (Å²) in [6.45, 7) is 4.30. The van der Waals surface area contributed by atoms with Gasteiger partial charge in [-0.2, -0.15) is 0 Å². The molecule has 5 heteroatoms. The van der Waals surface area contributed by atoms with E-state index >= 15 is 0 Å². The summed E-state index contributed by atoms with van der Waals surface area (Å²) >= 11 is 0. The van der Waals surface area contributed by atoms with Gasteiger partial charge in [0.1, 0.15) is 5.75 Å². The number of aryl methyl sites for hydroxylation is 1. The number of aliphatic hydroxyl groups is 1. The maximum atomic E-state index is 11.8. The Morgan fingerprint density at radius 1 is 1.50 bits per heavy atom. The Morgan fingerprint density at radius 2 is 2.20 bits per heavy atom. The number of rotatable bonds is 6. The van der Waals surface area contributed by atoms with Crippen molar-refractivity contribution in [1.29, 1.82) is 0 Å². The quantitative estimate of drug-likeness (QED) is 0.831. The van der Waals surface area contributed by atoms with Crippen LogP contribution >= 0.6 is 0 Å². The van der Waals surface area contributed by atoms with Crippen molar-refractivity contribution in [3.05, 3.63) is 29.3 Å². The lowest BCUT2D eigenvalue weighted by Crippen LogP contribution is -2.44. The third-order valence-corrected chi connectivity index (χ3v) is 3.41. The first-order chi connectivity index (χ1) is 9.49. The summed E-state index contributed by atoms with van der Waals surface area (Å²) in [6.07, 6.45) is 0.740. The zero-order chi connectivity index (χ0) is 15.1. The number of amides is 2. The van der Waals surface area contributed by atoms with Crippen molar-refractivity contribution >= 4 is 6.03 Å². The normalized spacial score (nSPS) is 11.8. The first-order valence-electron chi connectivity index (χ1n) is 6.74. The zero-order valence-electron chi connectivity index (χ0n) is 12.6. The number of aliphatic hydroxyl groups excluding tert-OH is 1. The smallest absolute Gasteiger partial charge is 0.317 e. The molecule has 0 spiro atoms. The van der Waals surface area contributed by atoms with Crippen molar-refractivity contribution in [3.8, 4) is 5.75 Å². The van der Waals surface area contributed by atoms with Crippen LogP contribution in [0.1, 0.15) is 18.1 Å². The predicted octanol–water partition coefficient (Wildman–Crippen LogP) is 1.57. The van der Waals surface area contributed by atoms with Gasteiger partial charge in [0.05, 0.1) is 19.8 Å². The average Bonchev–Trinajstić information content (AvgIpc) is 2.47. The van der Waals surface area contributed by atoms with Gasteiger partial charge in [0.2, 0.25) is 0 Å². The number of urea groups is 1. The Labute approximate surface area is 120 Å². The van der Waals surface area contributed by atoms with E-state index in [1.165, 1.54) is 4.90 Å². The monoisotopic (exact) mass is 280 g/mol. The third-order valence-electron chi connectivity index (χ3n) is 3.41. The van der Waals surface area contributed by atoms with Crippen molar-refractivity contribution in [1.82, 2.24) is 10.2 Å². The molecule has 0 saturated carbocycles. The fourth-order valence-corrected chi connectivity index (χ4v) is 1.78. The lowest BCUT2D eigenvalue weighted by Gasteiger charge is -2.23. The van der Waals surface area contributed by atoms with Crippen LogP contribution in [0, 0.1) is 6.92 Å². The van der Waals surface area contributed by atoms with E-state index in [1.807, 2.05) is 25.1 Å². The highest BCUT2D eigenvalue weighted by atomic mass is 16.5. The van der Waals surface area contributed by atoms with Gasteiger partial charge in [0.25, 0.3) is 0 Å². The van der Waals surface area contributed by atoms with Crippen LogP contribution in [0.5, 0.6) is 5.75 Å². The second-order valence-corrected chi connectivity index (χ2v) is 4.93. The van der Waals surface area contributed by atoms with E-state index in [4.69, 9.17) is 9.84 Å². The van der Waals surface area contributed by atoms with Gasteiger partial charge in [-0.1, -0.05) is 12.1 Å². The molecular formula is C15H24N2O3. The number of ether oxygens (including phenoxy) is 1. The number of carbonyl (C=O) groups excluding carboxylic acids is 1. The topological polar surface area (TPSA) is 61.8 Å². The van der Waals surface area contributed by atoms with Crippen LogP contribution in [-0.4, -0.2) is 49.4 Å². The summed E-state index contributed by atoms with van der Waals surface area (Å²) in [5.74, 6) is 0.861. The molecule has 1 rings (SSSR count). The minimum atomic E-state index is -0.186. The molecule has 1 atom stereocenters. The van der Waals surface area contributed by atoms with Crippen LogP contribution in [0.4, 0.5) is 4.79 Å². The predicted molar refractivity (Wildman–Crippen MR) is 79.1 cm³/mol. The number of likely N-dealkylation sites (N-methyl/N-ethyl adjacent to an activating group) is 1. The minimum absolute atomic E-state index is 0.0426. The van der Waals surface area contributed by atoms with Crippen molar-refractivity contribution < 1.29 is 14.6 Å². The highest BCUT2D eigenvalue weighted by Crippen LogP contribution is 2.18. The fourth-order valence-electron chi connectivity index (χ4n) is 1.78. The van der Waals surface area contributed by atoms with Crippen LogP contribution in [-0.2, 0) is 6.42 Å². The van der Waals surface area contributed by atoms with Gasteiger partial charge in [-0.15, -0.1) is 0 Å². The maximum absolute atomic E-state index is 11.8. The second-order valence-electron chi connectivity index (χ2n) is 4.93. The largest absolute Gasteiger partial charge is 0.496 e. The van der Waals surface area contributed by atoms with Crippen LogP contribution in [0.2, 0.25) is 0 Å². The van der Waals surface area contributed by atoms with E-state index in [1.54, 1.807) is 21.1 Å². The molecule has 20 heavy (non-hydrogen) atoms. The van der Waals surface area contributed by atoms with Gasteiger partial charge in [-0.3, -0.25) is 0 Å². The molecule has 0 aliphatic carbocycles. The van der Waals surface area contributed by atoms with Gasteiger partial charge in [0, 0.05) is 13.6 Å². The molecule has 2 amide bonds. The van der Waals surface area contributed by atoms with Gasteiger partial charge >= 0.3 is 6.03 Å². The summed E-state index contributed by atoms with van der Waals surface area (Å²) in [6, 6.07) is 5.67. The highest BCUT2D eigenvalue weighted by Gasteiger charge is 2.13. The fraction of sp³-hybridized carbons (Fsp3) is 0.533. The first-order valence-corrected chi connectivity index (χ1v) is 6.74. The van der Waals surface area contributed by atoms with Gasteiger partial charge in [-0.25, -0.2) is 4.79 Å². The Morgan fingerprint density at radius 3 is 2.80 bits per heavy atom. The summed E-state index contributed by atoms with van der Waals surface area (Å²) in [4.78, 5) is 13.3. The number of methoxy groups -OCH3 is 1. The molecule has 0 aliphatic rings. The summed E-state index contributed by atoms with van der Waals surface area (Å²) in [5.41, 5.74) is 2.21. The Kier molecular flexibility index (Phi) is 6.31. The summed E-state index contributed by atoms with van der Waals surface area (Å²) in [5, 5.41) is 11.8. The summed E-state index contributed by atoms with van der Waals surface area (Å²) in [7, 11) is 3.32. The number of nitrogens with one attached hydrogen (secondary N) is 1.